The summed E-state index contributed by atoms with van der Waals surface area (Å²) in [6.07, 6.45) is 8.69. The van der Waals surface area contributed by atoms with Crippen LogP contribution in [0.15, 0.2) is 46.9 Å². The third-order valence-corrected chi connectivity index (χ3v) is 9.04. The van der Waals surface area contributed by atoms with E-state index >= 15 is 0 Å². The highest BCUT2D eigenvalue weighted by molar-refractivity contribution is 9.10. The molecule has 1 amide bonds. The summed E-state index contributed by atoms with van der Waals surface area (Å²) in [6.45, 7) is 0. The van der Waals surface area contributed by atoms with Crippen molar-refractivity contribution in [3.8, 4) is 10.6 Å². The molecule has 4 saturated carbocycles. The van der Waals surface area contributed by atoms with E-state index in [9.17, 15) is 4.79 Å². The lowest BCUT2D eigenvalue weighted by Crippen LogP contribution is -2.47. The molecule has 4 bridgehead atoms. The van der Waals surface area contributed by atoms with Crippen LogP contribution in [0.4, 0.5) is 5.69 Å². The number of para-hydroxylation sites is 1. The summed E-state index contributed by atoms with van der Waals surface area (Å²) in [5, 5.41) is 4.21. The van der Waals surface area contributed by atoms with Crippen LogP contribution in [0, 0.1) is 23.2 Å². The van der Waals surface area contributed by atoms with E-state index in [1.807, 2.05) is 30.3 Å². The van der Waals surface area contributed by atoms with E-state index in [-0.39, 0.29) is 11.3 Å². The van der Waals surface area contributed by atoms with Crippen molar-refractivity contribution in [1.29, 1.82) is 0 Å². The lowest BCUT2D eigenvalue weighted by atomic mass is 9.49. The minimum Gasteiger partial charge on any atom is -0.325 e. The zero-order valence-corrected chi connectivity index (χ0v) is 19.3. The second kappa shape index (κ2) is 7.16. The first-order chi connectivity index (χ1) is 14.6. The van der Waals surface area contributed by atoms with E-state index in [1.54, 1.807) is 11.3 Å². The highest BCUT2D eigenvalue weighted by Crippen LogP contribution is 2.61. The molecule has 30 heavy (non-hydrogen) atoms. The molecule has 4 aliphatic rings. The van der Waals surface area contributed by atoms with Crippen molar-refractivity contribution >= 4 is 49.1 Å². The first-order valence-corrected chi connectivity index (χ1v) is 12.6. The molecule has 0 unspecified atom stereocenters. The highest BCUT2D eigenvalue weighted by atomic mass is 79.9. The average molecular weight is 481 g/mol. The molecular formula is C25H25BrN2OS. The fourth-order valence-electron chi connectivity index (χ4n) is 6.83. The summed E-state index contributed by atoms with van der Waals surface area (Å²) in [5.74, 6) is 2.78. The second-order valence-electron chi connectivity index (χ2n) is 9.82. The van der Waals surface area contributed by atoms with Gasteiger partial charge in [-0.2, -0.15) is 0 Å². The number of halogens is 1. The van der Waals surface area contributed by atoms with Crippen molar-refractivity contribution in [2.75, 3.05) is 5.32 Å². The number of rotatable bonds is 4. The molecule has 0 atom stereocenters. The first-order valence-electron chi connectivity index (χ1n) is 11.0. The minimum absolute atomic E-state index is 0.168. The fraction of sp³-hybridized carbons (Fsp3) is 0.440. The van der Waals surface area contributed by atoms with Crippen LogP contribution in [0.25, 0.3) is 20.8 Å². The number of nitrogens with one attached hydrogen (secondary N) is 1. The Kier molecular flexibility index (Phi) is 4.54. The molecule has 154 valence electrons. The summed E-state index contributed by atoms with van der Waals surface area (Å²) in [6, 6.07) is 14.3. The predicted octanol–water partition coefficient (Wildman–Crippen LogP) is 7.27. The number of benzene rings is 2. The summed E-state index contributed by atoms with van der Waals surface area (Å²) in [4.78, 5) is 18.0. The lowest BCUT2D eigenvalue weighted by Gasteiger charge is -2.56. The van der Waals surface area contributed by atoms with Crippen LogP contribution in [-0.2, 0) is 4.79 Å². The van der Waals surface area contributed by atoms with Crippen LogP contribution >= 0.6 is 27.3 Å². The Balaban J connectivity index is 1.27. The molecule has 3 nitrogen and oxygen atoms in total. The molecule has 2 aromatic carbocycles. The molecule has 4 aliphatic carbocycles. The first kappa shape index (κ1) is 19.0. The molecule has 1 N–H and O–H groups in total. The third-order valence-electron chi connectivity index (χ3n) is 7.48. The van der Waals surface area contributed by atoms with Crippen molar-refractivity contribution in [3.63, 3.8) is 0 Å². The smallest absolute Gasteiger partial charge is 0.224 e. The van der Waals surface area contributed by atoms with Gasteiger partial charge in [-0.15, -0.1) is 11.3 Å². The quantitative estimate of drug-likeness (QED) is 0.426. The van der Waals surface area contributed by atoms with Gasteiger partial charge in [0, 0.05) is 16.5 Å². The summed E-state index contributed by atoms with van der Waals surface area (Å²) >= 11 is 5.26. The van der Waals surface area contributed by atoms with Gasteiger partial charge in [0.15, 0.2) is 0 Å². The Labute approximate surface area is 189 Å². The van der Waals surface area contributed by atoms with Gasteiger partial charge >= 0.3 is 0 Å². The number of fused-ring (bicyclic) bond motifs is 1. The van der Waals surface area contributed by atoms with Crippen LogP contribution < -0.4 is 5.32 Å². The molecule has 3 aromatic rings. The van der Waals surface area contributed by atoms with E-state index in [1.165, 1.54) is 43.2 Å². The van der Waals surface area contributed by atoms with E-state index in [4.69, 9.17) is 4.98 Å². The topological polar surface area (TPSA) is 42.0 Å². The molecule has 0 radical (unpaired) electrons. The molecule has 0 aliphatic heterocycles. The number of hydrogen-bond donors (Lipinski definition) is 1. The predicted molar refractivity (Wildman–Crippen MR) is 127 cm³/mol. The minimum atomic E-state index is 0.168. The van der Waals surface area contributed by atoms with Gasteiger partial charge in [-0.3, -0.25) is 4.79 Å². The Bertz CT molecular complexity index is 1070. The number of amides is 1. The van der Waals surface area contributed by atoms with Crippen molar-refractivity contribution in [2.24, 2.45) is 23.2 Å². The summed E-state index contributed by atoms with van der Waals surface area (Å²) in [5.41, 5.74) is 3.12. The zero-order chi connectivity index (χ0) is 20.3. The summed E-state index contributed by atoms with van der Waals surface area (Å²) < 4.78 is 2.16. The molecule has 5 heteroatoms. The largest absolute Gasteiger partial charge is 0.325 e. The monoisotopic (exact) mass is 480 g/mol. The van der Waals surface area contributed by atoms with Gasteiger partial charge in [0.05, 0.1) is 15.9 Å². The van der Waals surface area contributed by atoms with Crippen LogP contribution in [-0.4, -0.2) is 10.9 Å². The maximum atomic E-state index is 13.2. The molecule has 0 saturated heterocycles. The Hall–Kier alpha value is -1.72. The van der Waals surface area contributed by atoms with Crippen LogP contribution in [0.3, 0.4) is 0 Å². The van der Waals surface area contributed by atoms with Gasteiger partial charge in [-0.1, -0.05) is 28.1 Å². The number of hydrogen-bond acceptors (Lipinski definition) is 3. The number of carbonyl (C=O) groups is 1. The number of nitrogens with zero attached hydrogens (tertiary/aromatic N) is 1. The highest BCUT2D eigenvalue weighted by Gasteiger charge is 2.51. The van der Waals surface area contributed by atoms with Crippen LogP contribution in [0.1, 0.15) is 44.9 Å². The van der Waals surface area contributed by atoms with Gasteiger partial charge in [0.2, 0.25) is 5.91 Å². The fourth-order valence-corrected chi connectivity index (χ4v) is 8.19. The third kappa shape index (κ3) is 3.40. The molecule has 4 fully saturated rings. The number of aromatic nitrogens is 1. The molecule has 1 heterocycles. The molecule has 1 aromatic heterocycles. The number of thiazole rings is 1. The number of carbonyl (C=O) groups excluding carboxylic acids is 1. The second-order valence-corrected chi connectivity index (χ2v) is 11.8. The maximum Gasteiger partial charge on any atom is 0.224 e. The van der Waals surface area contributed by atoms with E-state index in [0.29, 0.717) is 6.42 Å². The Morgan fingerprint density at radius 2 is 1.77 bits per heavy atom. The van der Waals surface area contributed by atoms with Gasteiger partial charge in [-0.25, -0.2) is 4.98 Å². The Morgan fingerprint density at radius 1 is 1.07 bits per heavy atom. The van der Waals surface area contributed by atoms with Gasteiger partial charge in [0.25, 0.3) is 0 Å². The van der Waals surface area contributed by atoms with E-state index in [2.05, 4.69) is 33.4 Å². The van der Waals surface area contributed by atoms with Crippen molar-refractivity contribution < 1.29 is 4.79 Å². The summed E-state index contributed by atoms with van der Waals surface area (Å²) in [7, 11) is 0. The normalized spacial score (nSPS) is 29.4. The molecule has 0 spiro atoms. The molecule has 7 rings (SSSR count). The van der Waals surface area contributed by atoms with Gasteiger partial charge in [-0.05, 0) is 92.0 Å². The van der Waals surface area contributed by atoms with Gasteiger partial charge in [0.1, 0.15) is 5.01 Å². The van der Waals surface area contributed by atoms with Crippen molar-refractivity contribution in [3.05, 3.63) is 46.9 Å². The molecular weight excluding hydrogens is 456 g/mol. The van der Waals surface area contributed by atoms with Crippen LogP contribution in [0.2, 0.25) is 0 Å². The SMILES string of the molecule is O=C(CC12CC3CC(CC(C3)C1)C2)Nc1ccc(Br)cc1-c1nc2ccccc2s1. The van der Waals surface area contributed by atoms with Crippen molar-refractivity contribution in [2.45, 2.75) is 44.9 Å². The van der Waals surface area contributed by atoms with Crippen LogP contribution in [0.5, 0.6) is 0 Å². The standard InChI is InChI=1S/C25H25BrN2OS/c26-18-5-6-20(19(10-18)24-28-21-3-1-2-4-22(21)30-24)27-23(29)14-25-11-15-7-16(12-25)9-17(8-15)13-25/h1-6,10,15-17H,7-9,11-14H2,(H,27,29). The van der Waals surface area contributed by atoms with Crippen molar-refractivity contribution in [1.82, 2.24) is 4.98 Å². The number of anilines is 1. The maximum absolute atomic E-state index is 13.2. The average Bonchev–Trinajstić information content (AvgIpc) is 3.12. The zero-order valence-electron chi connectivity index (χ0n) is 16.9. The Morgan fingerprint density at radius 3 is 2.47 bits per heavy atom. The van der Waals surface area contributed by atoms with E-state index < -0.39 is 0 Å². The lowest BCUT2D eigenvalue weighted by molar-refractivity contribution is -0.124. The van der Waals surface area contributed by atoms with Gasteiger partial charge < -0.3 is 5.32 Å². The van der Waals surface area contributed by atoms with E-state index in [0.717, 1.165) is 44.0 Å².